The SMILES string of the molecule is CCN(c1cccnc1)S(=O)(=O)c1ccc(OC(F)F)c(Cl)c1. The summed E-state index contributed by atoms with van der Waals surface area (Å²) >= 11 is 5.82. The van der Waals surface area contributed by atoms with Crippen molar-refractivity contribution >= 4 is 27.3 Å². The van der Waals surface area contributed by atoms with Crippen LogP contribution in [0.2, 0.25) is 5.02 Å². The van der Waals surface area contributed by atoms with Gasteiger partial charge < -0.3 is 4.74 Å². The molecule has 0 aliphatic carbocycles. The number of aromatic nitrogens is 1. The summed E-state index contributed by atoms with van der Waals surface area (Å²) in [6.45, 7) is -1.21. The standard InChI is InChI=1S/C14H13ClF2N2O3S/c1-2-19(10-4-3-7-18-9-10)23(20,21)11-5-6-13(12(15)8-11)22-14(16)17/h3-9,14H,2H2,1H3. The quantitative estimate of drug-likeness (QED) is 0.788. The largest absolute Gasteiger partial charge is 0.433 e. The van der Waals surface area contributed by atoms with E-state index in [0.29, 0.717) is 5.69 Å². The maximum Gasteiger partial charge on any atom is 0.387 e. The van der Waals surface area contributed by atoms with Gasteiger partial charge in [-0.05, 0) is 37.3 Å². The predicted octanol–water partition coefficient (Wildman–Crippen LogP) is 3.55. The number of pyridine rings is 1. The molecule has 0 aliphatic heterocycles. The second-order valence-electron chi connectivity index (χ2n) is 4.35. The Morgan fingerprint density at radius 3 is 2.61 bits per heavy atom. The van der Waals surface area contributed by atoms with Gasteiger partial charge in [-0.1, -0.05) is 11.6 Å². The van der Waals surface area contributed by atoms with Crippen molar-refractivity contribution in [3.8, 4) is 5.75 Å². The Morgan fingerprint density at radius 1 is 1.35 bits per heavy atom. The van der Waals surface area contributed by atoms with Gasteiger partial charge in [0.05, 0.1) is 21.8 Å². The number of halogens is 3. The molecule has 0 saturated carbocycles. The summed E-state index contributed by atoms with van der Waals surface area (Å²) in [6.07, 6.45) is 2.94. The monoisotopic (exact) mass is 362 g/mol. The first kappa shape index (κ1) is 17.4. The second-order valence-corrected chi connectivity index (χ2v) is 6.62. The number of benzene rings is 1. The van der Waals surface area contributed by atoms with Gasteiger partial charge in [0.15, 0.2) is 0 Å². The Labute approximate surface area is 137 Å². The molecule has 0 atom stereocenters. The molecule has 2 rings (SSSR count). The fourth-order valence-electron chi connectivity index (χ4n) is 1.95. The second kappa shape index (κ2) is 7.10. The molecule has 23 heavy (non-hydrogen) atoms. The van der Waals surface area contributed by atoms with Crippen molar-refractivity contribution < 1.29 is 21.9 Å². The lowest BCUT2D eigenvalue weighted by Crippen LogP contribution is -2.30. The van der Waals surface area contributed by atoms with Gasteiger partial charge in [-0.2, -0.15) is 8.78 Å². The molecule has 0 amide bonds. The van der Waals surface area contributed by atoms with Crippen LogP contribution in [0.15, 0.2) is 47.6 Å². The zero-order valence-electron chi connectivity index (χ0n) is 12.0. The van der Waals surface area contributed by atoms with Crippen LogP contribution >= 0.6 is 11.6 Å². The zero-order valence-corrected chi connectivity index (χ0v) is 13.6. The highest BCUT2D eigenvalue weighted by atomic mass is 35.5. The summed E-state index contributed by atoms with van der Waals surface area (Å²) in [5, 5.41) is -0.214. The van der Waals surface area contributed by atoms with Crippen molar-refractivity contribution in [2.45, 2.75) is 18.4 Å². The van der Waals surface area contributed by atoms with Gasteiger partial charge in [-0.3, -0.25) is 9.29 Å². The summed E-state index contributed by atoms with van der Waals surface area (Å²) in [6, 6.07) is 6.55. The Hall–Kier alpha value is -1.93. The van der Waals surface area contributed by atoms with Gasteiger partial charge in [0.25, 0.3) is 10.0 Å². The minimum absolute atomic E-state index is 0.130. The van der Waals surface area contributed by atoms with Crippen molar-refractivity contribution in [2.75, 3.05) is 10.8 Å². The van der Waals surface area contributed by atoms with Crippen LogP contribution in [0, 0.1) is 0 Å². The highest BCUT2D eigenvalue weighted by molar-refractivity contribution is 7.92. The van der Waals surface area contributed by atoms with E-state index in [-0.39, 0.29) is 22.2 Å². The molecule has 0 radical (unpaired) electrons. The molecule has 9 heteroatoms. The number of nitrogens with zero attached hydrogens (tertiary/aromatic N) is 2. The number of sulfonamides is 1. The van der Waals surface area contributed by atoms with Gasteiger partial charge >= 0.3 is 6.61 Å². The summed E-state index contributed by atoms with van der Waals surface area (Å²) in [4.78, 5) is 3.76. The van der Waals surface area contributed by atoms with Gasteiger partial charge in [-0.25, -0.2) is 8.42 Å². The van der Waals surface area contributed by atoms with Crippen LogP contribution in [-0.4, -0.2) is 26.6 Å². The molecule has 0 bridgehead atoms. The van der Waals surface area contributed by atoms with Crippen LogP contribution in [-0.2, 0) is 10.0 Å². The van der Waals surface area contributed by atoms with Gasteiger partial charge in [0.1, 0.15) is 5.75 Å². The molecule has 0 N–H and O–H groups in total. The lowest BCUT2D eigenvalue weighted by molar-refractivity contribution is -0.0498. The molecular weight excluding hydrogens is 350 g/mol. The summed E-state index contributed by atoms with van der Waals surface area (Å²) in [7, 11) is -3.91. The molecule has 0 fully saturated rings. The first-order chi connectivity index (χ1) is 10.9. The highest BCUT2D eigenvalue weighted by Gasteiger charge is 2.25. The highest BCUT2D eigenvalue weighted by Crippen LogP contribution is 2.31. The number of hydrogen-bond donors (Lipinski definition) is 0. The van der Waals surface area contributed by atoms with Crippen LogP contribution in [0.3, 0.4) is 0 Å². The summed E-state index contributed by atoms with van der Waals surface area (Å²) < 4.78 is 55.2. The van der Waals surface area contributed by atoms with Crippen molar-refractivity contribution in [3.05, 3.63) is 47.7 Å². The number of hydrogen-bond acceptors (Lipinski definition) is 4. The molecule has 1 aromatic carbocycles. The molecule has 1 heterocycles. The summed E-state index contributed by atoms with van der Waals surface area (Å²) in [5.41, 5.74) is 0.388. The average molecular weight is 363 g/mol. The molecule has 0 spiro atoms. The molecule has 1 aromatic heterocycles. The molecule has 124 valence electrons. The lowest BCUT2D eigenvalue weighted by Gasteiger charge is -2.22. The number of alkyl halides is 2. The maximum absolute atomic E-state index is 12.7. The first-order valence-electron chi connectivity index (χ1n) is 6.53. The molecule has 5 nitrogen and oxygen atoms in total. The molecule has 0 saturated heterocycles. The lowest BCUT2D eigenvalue weighted by atomic mass is 10.3. The van der Waals surface area contributed by atoms with Gasteiger partial charge in [0.2, 0.25) is 0 Å². The molecule has 0 aliphatic rings. The van der Waals surface area contributed by atoms with E-state index in [4.69, 9.17) is 11.6 Å². The van der Waals surface area contributed by atoms with E-state index >= 15 is 0 Å². The van der Waals surface area contributed by atoms with Crippen LogP contribution in [0.1, 0.15) is 6.92 Å². The molecule has 0 unspecified atom stereocenters. The zero-order chi connectivity index (χ0) is 17.0. The number of anilines is 1. The Morgan fingerprint density at radius 2 is 2.09 bits per heavy atom. The van der Waals surface area contributed by atoms with E-state index in [1.807, 2.05) is 0 Å². The van der Waals surface area contributed by atoms with Crippen LogP contribution in [0.5, 0.6) is 5.75 Å². The van der Waals surface area contributed by atoms with E-state index in [0.717, 1.165) is 22.5 Å². The number of rotatable bonds is 6. The van der Waals surface area contributed by atoms with E-state index in [1.165, 1.54) is 12.4 Å². The summed E-state index contributed by atoms with van der Waals surface area (Å²) in [5.74, 6) is -0.287. The predicted molar refractivity (Wildman–Crippen MR) is 82.5 cm³/mol. The molecular formula is C14H13ClF2N2O3S. The van der Waals surface area contributed by atoms with Crippen LogP contribution < -0.4 is 9.04 Å². The third-order valence-electron chi connectivity index (χ3n) is 2.93. The average Bonchev–Trinajstić information content (AvgIpc) is 2.50. The van der Waals surface area contributed by atoms with Crippen molar-refractivity contribution in [1.29, 1.82) is 0 Å². The third kappa shape index (κ3) is 3.89. The first-order valence-corrected chi connectivity index (χ1v) is 8.35. The van der Waals surface area contributed by atoms with Crippen molar-refractivity contribution in [1.82, 2.24) is 4.98 Å². The minimum atomic E-state index is -3.91. The van der Waals surface area contributed by atoms with E-state index < -0.39 is 16.6 Å². The molecule has 2 aromatic rings. The van der Waals surface area contributed by atoms with Crippen molar-refractivity contribution in [3.63, 3.8) is 0 Å². The van der Waals surface area contributed by atoms with Gasteiger partial charge in [-0.15, -0.1) is 0 Å². The Bertz CT molecular complexity index is 773. The topological polar surface area (TPSA) is 59.5 Å². The fourth-order valence-corrected chi connectivity index (χ4v) is 3.73. The smallest absolute Gasteiger partial charge is 0.387 e. The Balaban J connectivity index is 2.41. The van der Waals surface area contributed by atoms with E-state index in [2.05, 4.69) is 9.72 Å². The fraction of sp³-hybridized carbons (Fsp3) is 0.214. The maximum atomic E-state index is 12.7. The number of ether oxygens (including phenoxy) is 1. The van der Waals surface area contributed by atoms with Gasteiger partial charge in [0, 0.05) is 12.7 Å². The van der Waals surface area contributed by atoms with Crippen LogP contribution in [0.4, 0.5) is 14.5 Å². The minimum Gasteiger partial charge on any atom is -0.433 e. The normalized spacial score (nSPS) is 11.5. The van der Waals surface area contributed by atoms with E-state index in [1.54, 1.807) is 19.1 Å². The Kier molecular flexibility index (Phi) is 5.38. The van der Waals surface area contributed by atoms with Crippen molar-refractivity contribution in [2.24, 2.45) is 0 Å². The third-order valence-corrected chi connectivity index (χ3v) is 5.12. The van der Waals surface area contributed by atoms with E-state index in [9.17, 15) is 17.2 Å². The van der Waals surface area contributed by atoms with Crippen LogP contribution in [0.25, 0.3) is 0 Å².